The van der Waals surface area contributed by atoms with Gasteiger partial charge in [0.25, 0.3) is 0 Å². The van der Waals surface area contributed by atoms with Crippen LogP contribution in [0, 0.1) is 19.8 Å². The maximum absolute atomic E-state index is 12.8. The number of amides is 1. The summed E-state index contributed by atoms with van der Waals surface area (Å²) >= 11 is 0. The van der Waals surface area contributed by atoms with E-state index in [0.717, 1.165) is 6.42 Å². The summed E-state index contributed by atoms with van der Waals surface area (Å²) in [6.07, 6.45) is 6.62. The topological polar surface area (TPSA) is 83.7 Å². The number of piperazine rings is 1. The van der Waals surface area contributed by atoms with Crippen molar-refractivity contribution in [2.45, 2.75) is 57.3 Å². The van der Waals surface area contributed by atoms with E-state index >= 15 is 0 Å². The summed E-state index contributed by atoms with van der Waals surface area (Å²) in [7, 11) is -3.62. The van der Waals surface area contributed by atoms with Crippen LogP contribution in [-0.4, -0.2) is 54.9 Å². The standard InChI is InChI=1S/C17H27N3O4S/c1-13-17(14(2)24-18-13)25(22,23)20-11-9-19(10-12-20)16(21)8-7-15-5-3-4-6-15/h15H,3-12H2,1-2H3. The van der Waals surface area contributed by atoms with Crippen LogP contribution in [0.4, 0.5) is 0 Å². The molecule has 0 radical (unpaired) electrons. The van der Waals surface area contributed by atoms with E-state index in [1.807, 2.05) is 0 Å². The summed E-state index contributed by atoms with van der Waals surface area (Å²) in [4.78, 5) is 14.3. The third-order valence-electron chi connectivity index (χ3n) is 5.40. The summed E-state index contributed by atoms with van der Waals surface area (Å²) in [5.41, 5.74) is 0.382. The van der Waals surface area contributed by atoms with Crippen molar-refractivity contribution < 1.29 is 17.7 Å². The monoisotopic (exact) mass is 369 g/mol. The summed E-state index contributed by atoms with van der Waals surface area (Å²) in [6.45, 7) is 4.78. The average Bonchev–Trinajstić information content (AvgIpc) is 3.22. The highest BCUT2D eigenvalue weighted by atomic mass is 32.2. The summed E-state index contributed by atoms with van der Waals surface area (Å²) in [5.74, 6) is 1.17. The zero-order valence-electron chi connectivity index (χ0n) is 15.0. The number of hydrogen-bond acceptors (Lipinski definition) is 5. The fourth-order valence-electron chi connectivity index (χ4n) is 3.93. The molecule has 2 fully saturated rings. The molecular formula is C17H27N3O4S. The molecule has 1 amide bonds. The van der Waals surface area contributed by atoms with Gasteiger partial charge in [0.1, 0.15) is 10.6 Å². The van der Waals surface area contributed by atoms with E-state index in [2.05, 4.69) is 5.16 Å². The van der Waals surface area contributed by atoms with Crippen LogP contribution in [0.25, 0.3) is 0 Å². The van der Waals surface area contributed by atoms with Crippen molar-refractivity contribution in [3.8, 4) is 0 Å². The Kier molecular flexibility index (Phi) is 5.48. The Morgan fingerprint density at radius 1 is 1.16 bits per heavy atom. The van der Waals surface area contributed by atoms with E-state index in [4.69, 9.17) is 4.52 Å². The van der Waals surface area contributed by atoms with Crippen molar-refractivity contribution >= 4 is 15.9 Å². The zero-order chi connectivity index (χ0) is 18.0. The molecule has 1 aliphatic carbocycles. The second-order valence-corrected chi connectivity index (χ2v) is 9.00. The van der Waals surface area contributed by atoms with Gasteiger partial charge in [0.05, 0.1) is 0 Å². The van der Waals surface area contributed by atoms with Crippen LogP contribution in [0.15, 0.2) is 9.42 Å². The van der Waals surface area contributed by atoms with Crippen molar-refractivity contribution in [3.63, 3.8) is 0 Å². The smallest absolute Gasteiger partial charge is 0.248 e. The van der Waals surface area contributed by atoms with Crippen LogP contribution < -0.4 is 0 Å². The minimum atomic E-state index is -3.62. The Bertz CT molecular complexity index is 695. The van der Waals surface area contributed by atoms with Crippen LogP contribution in [0.5, 0.6) is 0 Å². The van der Waals surface area contributed by atoms with Gasteiger partial charge >= 0.3 is 0 Å². The summed E-state index contributed by atoms with van der Waals surface area (Å²) in [6, 6.07) is 0. The average molecular weight is 369 g/mol. The van der Waals surface area contributed by atoms with Gasteiger partial charge in [-0.05, 0) is 26.2 Å². The first kappa shape index (κ1) is 18.4. The highest BCUT2D eigenvalue weighted by Gasteiger charge is 2.34. The Morgan fingerprint density at radius 3 is 2.36 bits per heavy atom. The molecule has 2 heterocycles. The van der Waals surface area contributed by atoms with Crippen LogP contribution in [0.3, 0.4) is 0 Å². The number of aromatic nitrogens is 1. The first-order valence-corrected chi connectivity index (χ1v) is 10.5. The van der Waals surface area contributed by atoms with Gasteiger partial charge in [-0.2, -0.15) is 4.31 Å². The molecule has 0 bridgehead atoms. The number of carbonyl (C=O) groups is 1. The van der Waals surface area contributed by atoms with Gasteiger partial charge in [0, 0.05) is 32.6 Å². The van der Waals surface area contributed by atoms with Crippen LogP contribution in [-0.2, 0) is 14.8 Å². The lowest BCUT2D eigenvalue weighted by Gasteiger charge is -2.34. The number of aryl methyl sites for hydroxylation is 2. The third-order valence-corrected chi connectivity index (χ3v) is 7.54. The van der Waals surface area contributed by atoms with E-state index in [9.17, 15) is 13.2 Å². The highest BCUT2D eigenvalue weighted by molar-refractivity contribution is 7.89. The number of nitrogens with zero attached hydrogens (tertiary/aromatic N) is 3. The molecule has 1 aromatic rings. The lowest BCUT2D eigenvalue weighted by atomic mass is 10.0. The largest absolute Gasteiger partial charge is 0.360 e. The first-order valence-electron chi connectivity index (χ1n) is 9.10. The van der Waals surface area contributed by atoms with Crippen molar-refractivity contribution in [2.75, 3.05) is 26.2 Å². The Balaban J connectivity index is 1.55. The minimum Gasteiger partial charge on any atom is -0.360 e. The molecule has 1 aromatic heterocycles. The molecule has 7 nitrogen and oxygen atoms in total. The molecule has 0 atom stereocenters. The summed E-state index contributed by atoms with van der Waals surface area (Å²) < 4.78 is 32.0. The number of sulfonamides is 1. The Hall–Kier alpha value is -1.41. The molecular weight excluding hydrogens is 342 g/mol. The Labute approximate surface area is 149 Å². The minimum absolute atomic E-state index is 0.154. The molecule has 0 unspecified atom stereocenters. The van der Waals surface area contributed by atoms with Crippen molar-refractivity contribution in [2.24, 2.45) is 5.92 Å². The zero-order valence-corrected chi connectivity index (χ0v) is 15.8. The fourth-order valence-corrected chi connectivity index (χ4v) is 5.65. The normalized spacial score (nSPS) is 20.3. The van der Waals surface area contributed by atoms with Crippen LogP contribution in [0.2, 0.25) is 0 Å². The van der Waals surface area contributed by atoms with Crippen molar-refractivity contribution in [1.82, 2.24) is 14.4 Å². The van der Waals surface area contributed by atoms with E-state index in [-0.39, 0.29) is 10.8 Å². The number of rotatable bonds is 5. The van der Waals surface area contributed by atoms with Gasteiger partial charge in [-0.1, -0.05) is 30.8 Å². The third kappa shape index (κ3) is 3.89. The molecule has 0 N–H and O–H groups in total. The highest BCUT2D eigenvalue weighted by Crippen LogP contribution is 2.29. The molecule has 1 saturated carbocycles. The van der Waals surface area contributed by atoms with Crippen LogP contribution in [0.1, 0.15) is 50.0 Å². The molecule has 2 aliphatic rings. The van der Waals surface area contributed by atoms with Gasteiger partial charge < -0.3 is 9.42 Å². The predicted molar refractivity (Wildman–Crippen MR) is 92.5 cm³/mol. The van der Waals surface area contributed by atoms with Gasteiger partial charge in [0.15, 0.2) is 5.76 Å². The maximum atomic E-state index is 12.8. The molecule has 0 aromatic carbocycles. The van der Waals surface area contributed by atoms with Crippen LogP contribution >= 0.6 is 0 Å². The van der Waals surface area contributed by atoms with Crippen molar-refractivity contribution in [1.29, 1.82) is 0 Å². The molecule has 8 heteroatoms. The summed E-state index contributed by atoms with van der Waals surface area (Å²) in [5, 5.41) is 3.74. The maximum Gasteiger partial charge on any atom is 0.248 e. The Morgan fingerprint density at radius 2 is 1.80 bits per heavy atom. The first-order chi connectivity index (χ1) is 11.9. The van der Waals surface area contributed by atoms with Gasteiger partial charge in [-0.25, -0.2) is 8.42 Å². The van der Waals surface area contributed by atoms with E-state index in [0.29, 0.717) is 50.0 Å². The predicted octanol–water partition coefficient (Wildman–Crippen LogP) is 2.09. The lowest BCUT2D eigenvalue weighted by molar-refractivity contribution is -0.132. The van der Waals surface area contributed by atoms with E-state index in [1.54, 1.807) is 18.7 Å². The molecule has 25 heavy (non-hydrogen) atoms. The van der Waals surface area contributed by atoms with Crippen molar-refractivity contribution in [3.05, 3.63) is 11.5 Å². The molecule has 1 aliphatic heterocycles. The quantitative estimate of drug-likeness (QED) is 0.793. The lowest BCUT2D eigenvalue weighted by Crippen LogP contribution is -2.50. The number of carbonyl (C=O) groups excluding carboxylic acids is 1. The number of hydrogen-bond donors (Lipinski definition) is 0. The van der Waals surface area contributed by atoms with Gasteiger partial charge in [0.2, 0.25) is 15.9 Å². The molecule has 3 rings (SSSR count). The molecule has 140 valence electrons. The molecule has 1 saturated heterocycles. The van der Waals surface area contributed by atoms with Gasteiger partial charge in [-0.3, -0.25) is 4.79 Å². The van der Waals surface area contributed by atoms with E-state index in [1.165, 1.54) is 30.0 Å². The second kappa shape index (κ2) is 7.45. The second-order valence-electron chi connectivity index (χ2n) is 7.13. The fraction of sp³-hybridized carbons (Fsp3) is 0.765. The SMILES string of the molecule is Cc1noc(C)c1S(=O)(=O)N1CCN(C(=O)CCC2CCCC2)CC1. The molecule has 0 spiro atoms. The van der Waals surface area contributed by atoms with Gasteiger partial charge in [-0.15, -0.1) is 0 Å². The van der Waals surface area contributed by atoms with E-state index < -0.39 is 10.0 Å².